The molecule has 0 aliphatic heterocycles. The fourth-order valence-electron chi connectivity index (χ4n) is 1.91. The number of benzene rings is 1. The van der Waals surface area contributed by atoms with Gasteiger partial charge >= 0.3 is 5.97 Å². The Morgan fingerprint density at radius 3 is 2.68 bits per heavy atom. The Morgan fingerprint density at radius 1 is 1.18 bits per heavy atom. The van der Waals surface area contributed by atoms with Gasteiger partial charge in [-0.1, -0.05) is 0 Å². The van der Waals surface area contributed by atoms with Gasteiger partial charge in [0.1, 0.15) is 11.5 Å². The number of carbonyl (C=O) groups excluding carboxylic acids is 1. The van der Waals surface area contributed by atoms with E-state index in [1.807, 2.05) is 12.1 Å². The van der Waals surface area contributed by atoms with E-state index in [1.54, 1.807) is 26.4 Å². The number of hydrogen-bond donors (Lipinski definition) is 1. The van der Waals surface area contributed by atoms with Crippen LogP contribution in [0.2, 0.25) is 0 Å². The van der Waals surface area contributed by atoms with Gasteiger partial charge in [-0.05, 0) is 18.2 Å². The number of hydrogen-bond acceptors (Lipinski definition) is 7. The molecular formula is C15H17N3O4. The smallest absolute Gasteiger partial charge is 0.360 e. The number of nitrogens with one attached hydrogen (secondary N) is 1. The molecule has 0 aliphatic rings. The van der Waals surface area contributed by atoms with Crippen LogP contribution in [0.3, 0.4) is 0 Å². The van der Waals surface area contributed by atoms with Crippen LogP contribution in [0.25, 0.3) is 0 Å². The number of nitrogens with zero attached hydrogens (tertiary/aromatic N) is 2. The van der Waals surface area contributed by atoms with E-state index in [4.69, 9.17) is 9.47 Å². The van der Waals surface area contributed by atoms with Gasteiger partial charge in [0.15, 0.2) is 5.69 Å². The van der Waals surface area contributed by atoms with Crippen LogP contribution in [0, 0.1) is 0 Å². The van der Waals surface area contributed by atoms with Crippen LogP contribution in [0.15, 0.2) is 30.5 Å². The maximum Gasteiger partial charge on any atom is 0.360 e. The fourth-order valence-corrected chi connectivity index (χ4v) is 1.91. The zero-order chi connectivity index (χ0) is 15.9. The van der Waals surface area contributed by atoms with Crippen molar-refractivity contribution in [1.82, 2.24) is 10.2 Å². The first kappa shape index (κ1) is 15.6. The van der Waals surface area contributed by atoms with E-state index < -0.39 is 5.97 Å². The molecule has 0 aliphatic carbocycles. The first-order valence-corrected chi connectivity index (χ1v) is 6.54. The van der Waals surface area contributed by atoms with E-state index in [2.05, 4.69) is 20.3 Å². The molecule has 0 unspecified atom stereocenters. The van der Waals surface area contributed by atoms with E-state index in [0.29, 0.717) is 23.7 Å². The van der Waals surface area contributed by atoms with Crippen molar-refractivity contribution < 1.29 is 19.0 Å². The molecule has 1 heterocycles. The van der Waals surface area contributed by atoms with Crippen LogP contribution in [0.1, 0.15) is 16.1 Å². The maximum absolute atomic E-state index is 11.6. The lowest BCUT2D eigenvalue weighted by molar-refractivity contribution is 0.0594. The molecule has 116 valence electrons. The summed E-state index contributed by atoms with van der Waals surface area (Å²) in [6, 6.07) is 7.18. The van der Waals surface area contributed by atoms with Crippen LogP contribution in [-0.2, 0) is 11.3 Å². The second kappa shape index (κ2) is 7.26. The molecule has 1 aromatic carbocycles. The topological polar surface area (TPSA) is 82.6 Å². The molecule has 22 heavy (non-hydrogen) atoms. The molecule has 0 saturated carbocycles. The third-order valence-electron chi connectivity index (χ3n) is 3.06. The largest absolute Gasteiger partial charge is 0.497 e. The van der Waals surface area contributed by atoms with Crippen molar-refractivity contribution in [3.8, 4) is 11.5 Å². The van der Waals surface area contributed by atoms with Crippen molar-refractivity contribution in [3.05, 3.63) is 41.7 Å². The van der Waals surface area contributed by atoms with Crippen LogP contribution >= 0.6 is 0 Å². The minimum absolute atomic E-state index is 0.137. The predicted octanol–water partition coefficient (Wildman–Crippen LogP) is 1.89. The summed E-state index contributed by atoms with van der Waals surface area (Å²) in [6.45, 7) is 0.447. The molecule has 0 fully saturated rings. The number of carbonyl (C=O) groups is 1. The average molecular weight is 303 g/mol. The van der Waals surface area contributed by atoms with Gasteiger partial charge in [-0.3, -0.25) is 0 Å². The van der Waals surface area contributed by atoms with Crippen molar-refractivity contribution in [3.63, 3.8) is 0 Å². The van der Waals surface area contributed by atoms with E-state index in [0.717, 1.165) is 5.56 Å². The second-order valence-electron chi connectivity index (χ2n) is 4.32. The third-order valence-corrected chi connectivity index (χ3v) is 3.06. The molecule has 0 spiro atoms. The number of anilines is 1. The van der Waals surface area contributed by atoms with Crippen molar-refractivity contribution >= 4 is 11.7 Å². The standard InChI is InChI=1S/C15H17N3O4/c1-20-11-5-4-10(13(8-11)21-2)9-16-12-6-7-17-18-14(12)15(19)22-3/h4-8H,9H2,1-3H3,(H,16,17). The van der Waals surface area contributed by atoms with E-state index in [9.17, 15) is 4.79 Å². The molecule has 1 aromatic heterocycles. The summed E-state index contributed by atoms with van der Waals surface area (Å²) in [4.78, 5) is 11.6. The molecule has 7 heteroatoms. The van der Waals surface area contributed by atoms with Crippen molar-refractivity contribution in [1.29, 1.82) is 0 Å². The van der Waals surface area contributed by atoms with Gasteiger partial charge in [0.2, 0.25) is 0 Å². The Balaban J connectivity index is 2.19. The third kappa shape index (κ3) is 3.43. The monoisotopic (exact) mass is 303 g/mol. The van der Waals surface area contributed by atoms with Gasteiger partial charge in [-0.25, -0.2) is 4.79 Å². The van der Waals surface area contributed by atoms with Crippen molar-refractivity contribution in [2.75, 3.05) is 26.6 Å². The molecule has 1 N–H and O–H groups in total. The highest BCUT2D eigenvalue weighted by molar-refractivity contribution is 5.93. The minimum Gasteiger partial charge on any atom is -0.497 e. The molecule has 7 nitrogen and oxygen atoms in total. The van der Waals surface area contributed by atoms with Gasteiger partial charge in [0.05, 0.1) is 33.2 Å². The average Bonchev–Trinajstić information content (AvgIpc) is 2.59. The summed E-state index contributed by atoms with van der Waals surface area (Å²) in [7, 11) is 4.48. The van der Waals surface area contributed by atoms with Gasteiger partial charge in [-0.15, -0.1) is 5.10 Å². The Morgan fingerprint density at radius 2 is 2.00 bits per heavy atom. The number of aromatic nitrogens is 2. The lowest BCUT2D eigenvalue weighted by Gasteiger charge is -2.13. The molecular weight excluding hydrogens is 286 g/mol. The SMILES string of the molecule is COC(=O)c1nnccc1NCc1ccc(OC)cc1OC. The summed E-state index contributed by atoms with van der Waals surface area (Å²) in [5, 5.41) is 10.6. The Kier molecular flexibility index (Phi) is 5.13. The Bertz CT molecular complexity index is 661. The molecule has 2 aromatic rings. The van der Waals surface area contributed by atoms with Crippen molar-refractivity contribution in [2.45, 2.75) is 6.54 Å². The number of methoxy groups -OCH3 is 3. The molecule has 0 bridgehead atoms. The number of rotatable bonds is 6. The number of esters is 1. The van der Waals surface area contributed by atoms with E-state index >= 15 is 0 Å². The summed E-state index contributed by atoms with van der Waals surface area (Å²) in [5.74, 6) is 0.854. The summed E-state index contributed by atoms with van der Waals surface area (Å²) in [5.41, 5.74) is 1.59. The highest BCUT2D eigenvalue weighted by Crippen LogP contribution is 2.25. The lowest BCUT2D eigenvalue weighted by Crippen LogP contribution is -2.11. The first-order valence-electron chi connectivity index (χ1n) is 6.54. The number of ether oxygens (including phenoxy) is 3. The second-order valence-corrected chi connectivity index (χ2v) is 4.32. The first-order chi connectivity index (χ1) is 10.7. The lowest BCUT2D eigenvalue weighted by atomic mass is 10.2. The summed E-state index contributed by atoms with van der Waals surface area (Å²) < 4.78 is 15.2. The van der Waals surface area contributed by atoms with Gasteiger partial charge in [-0.2, -0.15) is 5.10 Å². The minimum atomic E-state index is -0.544. The van der Waals surface area contributed by atoms with Crippen LogP contribution < -0.4 is 14.8 Å². The molecule has 0 amide bonds. The van der Waals surface area contributed by atoms with E-state index in [-0.39, 0.29) is 5.69 Å². The summed E-state index contributed by atoms with van der Waals surface area (Å²) in [6.07, 6.45) is 1.50. The van der Waals surface area contributed by atoms with Crippen molar-refractivity contribution in [2.24, 2.45) is 0 Å². The maximum atomic E-state index is 11.6. The fraction of sp³-hybridized carbons (Fsp3) is 0.267. The highest BCUT2D eigenvalue weighted by atomic mass is 16.5. The van der Waals surface area contributed by atoms with Gasteiger partial charge in [0.25, 0.3) is 0 Å². The molecule has 0 radical (unpaired) electrons. The van der Waals surface area contributed by atoms with Crippen LogP contribution in [-0.4, -0.2) is 37.5 Å². The molecule has 0 atom stereocenters. The van der Waals surface area contributed by atoms with Gasteiger partial charge in [0, 0.05) is 18.2 Å². The quantitative estimate of drug-likeness (QED) is 0.816. The normalized spacial score (nSPS) is 9.95. The Hall–Kier alpha value is -2.83. The predicted molar refractivity (Wildman–Crippen MR) is 80.2 cm³/mol. The highest BCUT2D eigenvalue weighted by Gasteiger charge is 2.14. The molecule has 0 saturated heterocycles. The summed E-state index contributed by atoms with van der Waals surface area (Å²) >= 11 is 0. The van der Waals surface area contributed by atoms with Crippen LogP contribution in [0.5, 0.6) is 11.5 Å². The van der Waals surface area contributed by atoms with Gasteiger partial charge < -0.3 is 19.5 Å². The zero-order valence-corrected chi connectivity index (χ0v) is 12.6. The van der Waals surface area contributed by atoms with Crippen LogP contribution in [0.4, 0.5) is 5.69 Å². The zero-order valence-electron chi connectivity index (χ0n) is 12.6. The Labute approximate surface area is 128 Å². The van der Waals surface area contributed by atoms with E-state index in [1.165, 1.54) is 13.3 Å². The molecule has 2 rings (SSSR count).